The molecule has 0 unspecified atom stereocenters. The van der Waals surface area contributed by atoms with Gasteiger partial charge in [0.1, 0.15) is 17.3 Å². The normalized spacial score (nSPS) is 17.0. The Bertz CT molecular complexity index is 1460. The molecule has 2 aromatic carbocycles. The summed E-state index contributed by atoms with van der Waals surface area (Å²) in [5.74, 6) is -0.737. The fraction of sp³-hybridized carbons (Fsp3) is 0.379. The Morgan fingerprint density at radius 2 is 1.79 bits per heavy atom. The number of aromatic nitrogens is 3. The van der Waals surface area contributed by atoms with Crippen molar-refractivity contribution < 1.29 is 18.3 Å². The van der Waals surface area contributed by atoms with Crippen molar-refractivity contribution in [1.29, 1.82) is 0 Å². The fourth-order valence-electron chi connectivity index (χ4n) is 5.14. The molecule has 4 aromatic rings. The van der Waals surface area contributed by atoms with E-state index in [1.807, 2.05) is 17.0 Å². The molecule has 2 saturated heterocycles. The maximum atomic E-state index is 15.1. The molecule has 0 spiro atoms. The number of morpholine rings is 1. The van der Waals surface area contributed by atoms with Gasteiger partial charge in [-0.25, -0.2) is 13.8 Å². The van der Waals surface area contributed by atoms with Gasteiger partial charge in [-0.1, -0.05) is 6.07 Å². The number of fused-ring (bicyclic) bond motifs is 1. The monoisotopic (exact) mass is 534 g/mol. The lowest BCUT2D eigenvalue weighted by Crippen LogP contribution is -2.50. The van der Waals surface area contributed by atoms with Crippen LogP contribution in [0.25, 0.3) is 16.7 Å². The van der Waals surface area contributed by atoms with Gasteiger partial charge in [-0.05, 0) is 48.4 Å². The van der Waals surface area contributed by atoms with Crippen LogP contribution < -0.4 is 5.32 Å². The van der Waals surface area contributed by atoms with Crippen LogP contribution in [0.2, 0.25) is 0 Å². The van der Waals surface area contributed by atoms with Crippen molar-refractivity contribution in [2.24, 2.45) is 0 Å². The van der Waals surface area contributed by atoms with Crippen LogP contribution >= 0.6 is 0 Å². The number of hydrogen-bond donors (Lipinski definition) is 1. The van der Waals surface area contributed by atoms with Gasteiger partial charge < -0.3 is 19.4 Å². The number of hydrogen-bond acceptors (Lipinski definition) is 7. The first kappa shape index (κ1) is 25.8. The summed E-state index contributed by atoms with van der Waals surface area (Å²) in [6, 6.07) is 10.8. The zero-order valence-corrected chi connectivity index (χ0v) is 22.2. The second kappa shape index (κ2) is 11.0. The van der Waals surface area contributed by atoms with E-state index in [2.05, 4.69) is 34.3 Å². The average Bonchev–Trinajstić information content (AvgIpc) is 3.33. The van der Waals surface area contributed by atoms with E-state index in [0.29, 0.717) is 49.7 Å². The van der Waals surface area contributed by atoms with Gasteiger partial charge in [-0.15, -0.1) is 0 Å². The van der Waals surface area contributed by atoms with Gasteiger partial charge in [0.25, 0.3) is 0 Å². The van der Waals surface area contributed by atoms with Crippen LogP contribution in [0.1, 0.15) is 16.7 Å². The van der Waals surface area contributed by atoms with Crippen molar-refractivity contribution in [3.63, 3.8) is 0 Å². The van der Waals surface area contributed by atoms with E-state index in [4.69, 9.17) is 14.5 Å². The van der Waals surface area contributed by atoms with E-state index in [9.17, 15) is 0 Å². The van der Waals surface area contributed by atoms with E-state index in [1.165, 1.54) is 23.3 Å². The highest BCUT2D eigenvalue weighted by Gasteiger charge is 2.26. The topological polar surface area (TPSA) is 67.7 Å². The zero-order valence-electron chi connectivity index (χ0n) is 22.2. The highest BCUT2D eigenvalue weighted by atomic mass is 19.1. The number of aryl methyl sites for hydroxylation is 1. The van der Waals surface area contributed by atoms with Crippen LogP contribution in [0, 0.1) is 18.6 Å². The SMILES string of the molecule is COC1CN(Cc2cc(Nc3ncc4ccn(-c5cc(F)c(CN6CCOCC6)c(F)c5)c4n3)ccc2C)C1. The molecule has 4 heterocycles. The largest absolute Gasteiger partial charge is 0.379 e. The molecule has 1 N–H and O–H groups in total. The molecule has 2 fully saturated rings. The number of halogens is 2. The summed E-state index contributed by atoms with van der Waals surface area (Å²) in [4.78, 5) is 13.5. The minimum absolute atomic E-state index is 0.0697. The molecular weight excluding hydrogens is 502 g/mol. The van der Waals surface area contributed by atoms with E-state index in [0.717, 1.165) is 30.7 Å². The van der Waals surface area contributed by atoms with Gasteiger partial charge in [0.05, 0.1) is 25.0 Å². The minimum atomic E-state index is -0.572. The second-order valence-electron chi connectivity index (χ2n) is 10.3. The van der Waals surface area contributed by atoms with Crippen molar-refractivity contribution in [2.75, 3.05) is 51.8 Å². The summed E-state index contributed by atoms with van der Waals surface area (Å²) in [7, 11) is 1.75. The van der Waals surface area contributed by atoms with Crippen LogP contribution in [-0.2, 0) is 22.6 Å². The molecule has 0 bridgehead atoms. The van der Waals surface area contributed by atoms with Crippen LogP contribution in [0.5, 0.6) is 0 Å². The number of benzene rings is 2. The molecule has 2 aliphatic heterocycles. The Labute approximate surface area is 226 Å². The smallest absolute Gasteiger partial charge is 0.229 e. The number of nitrogens with one attached hydrogen (secondary N) is 1. The van der Waals surface area contributed by atoms with Crippen LogP contribution in [0.3, 0.4) is 0 Å². The summed E-state index contributed by atoms with van der Waals surface area (Å²) in [6.45, 7) is 7.49. The van der Waals surface area contributed by atoms with Gasteiger partial charge in [0, 0.05) is 75.4 Å². The van der Waals surface area contributed by atoms with Crippen LogP contribution in [-0.4, -0.2) is 76.9 Å². The fourth-order valence-corrected chi connectivity index (χ4v) is 5.14. The Kier molecular flexibility index (Phi) is 7.26. The molecule has 39 heavy (non-hydrogen) atoms. The summed E-state index contributed by atoms with van der Waals surface area (Å²) < 4.78 is 42.6. The molecule has 0 saturated carbocycles. The van der Waals surface area contributed by atoms with Gasteiger partial charge >= 0.3 is 0 Å². The van der Waals surface area contributed by atoms with Crippen molar-refractivity contribution in [2.45, 2.75) is 26.1 Å². The first-order chi connectivity index (χ1) is 19.0. The molecule has 0 amide bonds. The number of methoxy groups -OCH3 is 1. The molecule has 2 aromatic heterocycles. The standard InChI is InChI=1S/C29H32F2N6O2/c1-19-3-4-22(11-21(19)15-36-16-24(17-36)38-2)33-29-32-14-20-5-6-37(28(20)34-29)23-12-26(30)25(27(31)13-23)18-35-7-9-39-10-8-35/h3-6,11-14,24H,7-10,15-18H2,1-2H3,(H,32,33,34). The molecule has 6 rings (SSSR count). The van der Waals surface area contributed by atoms with Crippen molar-refractivity contribution in [3.05, 3.63) is 77.1 Å². The summed E-state index contributed by atoms with van der Waals surface area (Å²) in [5, 5.41) is 4.07. The quantitative estimate of drug-likeness (QED) is 0.359. The maximum Gasteiger partial charge on any atom is 0.229 e. The third-order valence-electron chi connectivity index (χ3n) is 7.57. The third kappa shape index (κ3) is 5.51. The summed E-state index contributed by atoms with van der Waals surface area (Å²) in [6.07, 6.45) is 3.77. The molecule has 204 valence electrons. The lowest BCUT2D eigenvalue weighted by Gasteiger charge is -2.38. The maximum absolute atomic E-state index is 15.1. The van der Waals surface area contributed by atoms with Crippen molar-refractivity contribution in [1.82, 2.24) is 24.3 Å². The van der Waals surface area contributed by atoms with Crippen molar-refractivity contribution in [3.8, 4) is 5.69 Å². The Hall–Kier alpha value is -3.44. The number of rotatable bonds is 8. The van der Waals surface area contributed by atoms with E-state index >= 15 is 8.78 Å². The highest BCUT2D eigenvalue weighted by Crippen LogP contribution is 2.26. The Balaban J connectivity index is 1.23. The van der Waals surface area contributed by atoms with Crippen LogP contribution in [0.4, 0.5) is 20.4 Å². The molecule has 0 radical (unpaired) electrons. The molecule has 10 heteroatoms. The lowest BCUT2D eigenvalue weighted by atomic mass is 10.0. The molecule has 8 nitrogen and oxygen atoms in total. The predicted molar refractivity (Wildman–Crippen MR) is 145 cm³/mol. The molecular formula is C29H32F2N6O2. The van der Waals surface area contributed by atoms with Crippen molar-refractivity contribution >= 4 is 22.7 Å². The van der Waals surface area contributed by atoms with E-state index in [1.54, 1.807) is 24.1 Å². The third-order valence-corrected chi connectivity index (χ3v) is 7.57. The summed E-state index contributed by atoms with van der Waals surface area (Å²) in [5.41, 5.74) is 4.32. The molecule has 2 aliphatic rings. The molecule has 0 aliphatic carbocycles. The van der Waals surface area contributed by atoms with Gasteiger partial charge in [-0.2, -0.15) is 4.98 Å². The van der Waals surface area contributed by atoms with E-state index < -0.39 is 11.6 Å². The highest BCUT2D eigenvalue weighted by molar-refractivity contribution is 5.79. The van der Waals surface area contributed by atoms with Crippen LogP contribution in [0.15, 0.2) is 48.8 Å². The summed E-state index contributed by atoms with van der Waals surface area (Å²) >= 11 is 0. The van der Waals surface area contributed by atoms with Gasteiger partial charge in [-0.3, -0.25) is 9.80 Å². The van der Waals surface area contributed by atoms with Gasteiger partial charge in [0.15, 0.2) is 0 Å². The zero-order chi connectivity index (χ0) is 26.9. The number of nitrogens with zero attached hydrogens (tertiary/aromatic N) is 5. The Morgan fingerprint density at radius 1 is 1.03 bits per heavy atom. The molecule has 0 atom stereocenters. The lowest BCUT2D eigenvalue weighted by molar-refractivity contribution is -0.0334. The number of likely N-dealkylation sites (tertiary alicyclic amines) is 1. The minimum Gasteiger partial charge on any atom is -0.379 e. The predicted octanol–water partition coefficient (Wildman–Crippen LogP) is 4.41. The Morgan fingerprint density at radius 3 is 2.54 bits per heavy atom. The second-order valence-corrected chi connectivity index (χ2v) is 10.3. The first-order valence-corrected chi connectivity index (χ1v) is 13.2. The average molecular weight is 535 g/mol. The number of ether oxygens (including phenoxy) is 2. The first-order valence-electron chi connectivity index (χ1n) is 13.2. The van der Waals surface area contributed by atoms with Gasteiger partial charge in [0.2, 0.25) is 5.95 Å². The van der Waals surface area contributed by atoms with E-state index in [-0.39, 0.29) is 12.1 Å². The number of anilines is 2.